The largest absolute Gasteiger partial charge is 0.309 e. The summed E-state index contributed by atoms with van der Waals surface area (Å²) >= 11 is 0. The van der Waals surface area contributed by atoms with Gasteiger partial charge in [-0.25, -0.2) is 12.8 Å². The van der Waals surface area contributed by atoms with Gasteiger partial charge in [-0.15, -0.1) is 0 Å². The first-order chi connectivity index (χ1) is 9.52. The normalized spacial score (nSPS) is 14.2. The maximum atomic E-state index is 13.8. The molecular weight excluding hydrogens is 289 g/mol. The van der Waals surface area contributed by atoms with E-state index < -0.39 is 14.6 Å². The summed E-state index contributed by atoms with van der Waals surface area (Å²) in [6.45, 7) is 9.57. The number of benzene rings is 1. The fourth-order valence-electron chi connectivity index (χ4n) is 2.41. The van der Waals surface area contributed by atoms with Gasteiger partial charge in [0.1, 0.15) is 5.82 Å². The molecule has 0 spiro atoms. The van der Waals surface area contributed by atoms with Gasteiger partial charge in [0.25, 0.3) is 0 Å². The molecule has 1 aromatic carbocycles. The minimum absolute atomic E-state index is 0.231. The Hall–Kier alpha value is -0.940. The first-order valence-electron chi connectivity index (χ1n) is 7.22. The zero-order chi connectivity index (χ0) is 16.4. The van der Waals surface area contributed by atoms with E-state index in [9.17, 15) is 12.8 Å². The predicted octanol–water partition coefficient (Wildman–Crippen LogP) is 3.31. The van der Waals surface area contributed by atoms with Crippen LogP contribution in [0.5, 0.6) is 0 Å². The Balaban J connectivity index is 3.39. The molecule has 1 unspecified atom stereocenters. The van der Waals surface area contributed by atoms with E-state index >= 15 is 0 Å². The summed E-state index contributed by atoms with van der Waals surface area (Å²) in [6.07, 6.45) is 2.15. The van der Waals surface area contributed by atoms with E-state index in [0.29, 0.717) is 17.7 Å². The zero-order valence-electron chi connectivity index (χ0n) is 13.7. The van der Waals surface area contributed by atoms with E-state index in [4.69, 9.17) is 0 Å². The van der Waals surface area contributed by atoms with Crippen molar-refractivity contribution in [3.05, 3.63) is 34.6 Å². The van der Waals surface area contributed by atoms with Crippen molar-refractivity contribution in [3.63, 3.8) is 0 Å². The zero-order valence-corrected chi connectivity index (χ0v) is 14.6. The second-order valence-corrected chi connectivity index (χ2v) is 8.83. The van der Waals surface area contributed by atoms with Gasteiger partial charge in [0, 0.05) is 6.26 Å². The highest BCUT2D eigenvalue weighted by Gasteiger charge is 2.39. The van der Waals surface area contributed by atoms with Crippen LogP contribution < -0.4 is 5.32 Å². The van der Waals surface area contributed by atoms with E-state index in [-0.39, 0.29) is 11.9 Å². The molecule has 1 rings (SSSR count). The van der Waals surface area contributed by atoms with Crippen LogP contribution in [0.25, 0.3) is 0 Å². The van der Waals surface area contributed by atoms with E-state index in [1.165, 1.54) is 6.26 Å². The minimum atomic E-state index is -3.27. The van der Waals surface area contributed by atoms with E-state index in [2.05, 4.69) is 5.32 Å². The van der Waals surface area contributed by atoms with Crippen LogP contribution in [0.4, 0.5) is 4.39 Å². The molecule has 0 fully saturated rings. The summed E-state index contributed by atoms with van der Waals surface area (Å²) in [6, 6.07) is 3.11. The number of nitrogens with one attached hydrogen (secondary N) is 1. The molecule has 0 amide bonds. The van der Waals surface area contributed by atoms with Crippen LogP contribution in [-0.2, 0) is 9.84 Å². The number of hydrogen-bond acceptors (Lipinski definition) is 3. The van der Waals surface area contributed by atoms with Gasteiger partial charge in [0.2, 0.25) is 0 Å². The Bertz CT molecular complexity index is 586. The summed E-state index contributed by atoms with van der Waals surface area (Å²) in [4.78, 5) is 0. The summed E-state index contributed by atoms with van der Waals surface area (Å²) in [5.41, 5.74) is 1.89. The third-order valence-corrected chi connectivity index (χ3v) is 6.19. The lowest BCUT2D eigenvalue weighted by atomic mass is 9.92. The minimum Gasteiger partial charge on any atom is -0.309 e. The van der Waals surface area contributed by atoms with Crippen LogP contribution in [0.3, 0.4) is 0 Å². The van der Waals surface area contributed by atoms with Gasteiger partial charge in [0.05, 0.1) is 10.8 Å². The summed E-state index contributed by atoms with van der Waals surface area (Å²) in [7, 11) is -3.27. The SMILES string of the molecule is CCCNC(c1cc(C)c(F)c(C)c1)C(C)(C)S(C)(=O)=O. The fourth-order valence-corrected chi connectivity index (χ4v) is 3.06. The van der Waals surface area contributed by atoms with Gasteiger partial charge in [-0.3, -0.25) is 0 Å². The molecule has 0 radical (unpaired) electrons. The van der Waals surface area contributed by atoms with Gasteiger partial charge < -0.3 is 5.32 Å². The molecule has 1 N–H and O–H groups in total. The first-order valence-corrected chi connectivity index (χ1v) is 9.11. The highest BCUT2D eigenvalue weighted by atomic mass is 32.2. The fraction of sp³-hybridized carbons (Fsp3) is 0.625. The summed E-state index contributed by atoms with van der Waals surface area (Å²) in [5, 5.41) is 3.30. The van der Waals surface area contributed by atoms with Crippen molar-refractivity contribution >= 4 is 9.84 Å². The molecule has 1 atom stereocenters. The Labute approximate surface area is 127 Å². The van der Waals surface area contributed by atoms with Gasteiger partial charge in [-0.05, 0) is 57.4 Å². The quantitative estimate of drug-likeness (QED) is 0.876. The molecule has 21 heavy (non-hydrogen) atoms. The topological polar surface area (TPSA) is 46.2 Å². The number of sulfone groups is 1. The molecule has 0 saturated carbocycles. The maximum absolute atomic E-state index is 13.8. The Morgan fingerprint density at radius 2 is 1.71 bits per heavy atom. The Kier molecular flexibility index (Phi) is 5.56. The van der Waals surface area contributed by atoms with Crippen LogP contribution >= 0.6 is 0 Å². The molecule has 0 aliphatic carbocycles. The molecule has 3 nitrogen and oxygen atoms in total. The van der Waals surface area contributed by atoms with Gasteiger partial charge in [-0.1, -0.05) is 19.1 Å². The highest BCUT2D eigenvalue weighted by molar-refractivity contribution is 7.92. The molecule has 0 aliphatic rings. The second-order valence-electron chi connectivity index (χ2n) is 6.23. The van der Waals surface area contributed by atoms with Crippen molar-refractivity contribution in [1.82, 2.24) is 5.32 Å². The standard InChI is InChI=1S/C16H26FNO2S/c1-7-8-18-15(16(4,5)21(6,19)20)13-9-11(2)14(17)12(3)10-13/h9-10,15,18H,7-8H2,1-6H3. The number of halogens is 1. The average Bonchev–Trinajstić information content (AvgIpc) is 2.34. The number of rotatable bonds is 6. The van der Waals surface area contributed by atoms with Crippen molar-refractivity contribution in [3.8, 4) is 0 Å². The lowest BCUT2D eigenvalue weighted by molar-refractivity contribution is 0.419. The van der Waals surface area contributed by atoms with Crippen LogP contribution in [0.2, 0.25) is 0 Å². The molecule has 1 aromatic rings. The third-order valence-electron chi connectivity index (χ3n) is 4.04. The Morgan fingerprint density at radius 1 is 1.24 bits per heavy atom. The van der Waals surface area contributed by atoms with Gasteiger partial charge in [-0.2, -0.15) is 0 Å². The first kappa shape index (κ1) is 18.1. The second kappa shape index (κ2) is 6.44. The molecule has 0 aromatic heterocycles. The van der Waals surface area contributed by atoms with E-state index in [1.54, 1.807) is 39.8 Å². The van der Waals surface area contributed by atoms with Crippen molar-refractivity contribution in [2.45, 2.75) is 51.8 Å². The average molecular weight is 315 g/mol. The lowest BCUT2D eigenvalue weighted by Gasteiger charge is -2.34. The number of aryl methyl sites for hydroxylation is 2. The van der Waals surface area contributed by atoms with E-state index in [1.807, 2.05) is 6.92 Å². The molecule has 0 heterocycles. The van der Waals surface area contributed by atoms with Crippen LogP contribution in [0.15, 0.2) is 12.1 Å². The third kappa shape index (κ3) is 3.83. The molecule has 5 heteroatoms. The smallest absolute Gasteiger partial charge is 0.154 e. The lowest BCUT2D eigenvalue weighted by Crippen LogP contribution is -2.45. The van der Waals surface area contributed by atoms with Crippen LogP contribution in [0.1, 0.15) is 49.9 Å². The van der Waals surface area contributed by atoms with Gasteiger partial charge >= 0.3 is 0 Å². The predicted molar refractivity (Wildman–Crippen MR) is 85.8 cm³/mol. The van der Waals surface area contributed by atoms with Crippen LogP contribution in [-0.4, -0.2) is 26.0 Å². The van der Waals surface area contributed by atoms with Crippen molar-refractivity contribution < 1.29 is 12.8 Å². The molecular formula is C16H26FNO2S. The maximum Gasteiger partial charge on any atom is 0.154 e. The van der Waals surface area contributed by atoms with Crippen LogP contribution in [0, 0.1) is 19.7 Å². The van der Waals surface area contributed by atoms with Crippen molar-refractivity contribution in [1.29, 1.82) is 0 Å². The van der Waals surface area contributed by atoms with Gasteiger partial charge in [0.15, 0.2) is 9.84 Å². The number of hydrogen-bond donors (Lipinski definition) is 1. The molecule has 0 bridgehead atoms. The molecule has 0 saturated heterocycles. The molecule has 0 aliphatic heterocycles. The summed E-state index contributed by atoms with van der Waals surface area (Å²) < 4.78 is 37.2. The summed E-state index contributed by atoms with van der Waals surface area (Å²) in [5.74, 6) is -0.231. The Morgan fingerprint density at radius 3 is 2.10 bits per heavy atom. The van der Waals surface area contributed by atoms with E-state index in [0.717, 1.165) is 12.0 Å². The van der Waals surface area contributed by atoms with Crippen molar-refractivity contribution in [2.24, 2.45) is 0 Å². The molecule has 120 valence electrons. The van der Waals surface area contributed by atoms with Crippen molar-refractivity contribution in [2.75, 3.05) is 12.8 Å². The monoisotopic (exact) mass is 315 g/mol. The highest BCUT2D eigenvalue weighted by Crippen LogP contribution is 2.33.